The third kappa shape index (κ3) is 2.14. The average Bonchev–Trinajstić information content (AvgIpc) is 2.99. The molecule has 2 fully saturated rings. The number of ether oxygens (including phenoxy) is 1. The van der Waals surface area contributed by atoms with Gasteiger partial charge in [-0.3, -0.25) is 4.79 Å². The van der Waals surface area contributed by atoms with Crippen molar-refractivity contribution in [3.63, 3.8) is 0 Å². The predicted octanol–water partition coefficient (Wildman–Crippen LogP) is 1.98. The van der Waals surface area contributed by atoms with Crippen molar-refractivity contribution in [3.8, 4) is 0 Å². The van der Waals surface area contributed by atoms with Crippen molar-refractivity contribution in [1.82, 2.24) is 4.90 Å². The molecule has 3 heteroatoms. The van der Waals surface area contributed by atoms with Gasteiger partial charge in [0.25, 0.3) is 0 Å². The monoisotopic (exact) mass is 223 g/mol. The lowest BCUT2D eigenvalue weighted by Crippen LogP contribution is -2.41. The molecule has 1 saturated carbocycles. The number of hydrogen-bond donors (Lipinski definition) is 0. The lowest BCUT2D eigenvalue weighted by atomic mass is 10.0. The summed E-state index contributed by atoms with van der Waals surface area (Å²) in [4.78, 5) is 14.3. The smallest absolute Gasteiger partial charge is 0.231 e. The minimum absolute atomic E-state index is 0.111. The van der Waals surface area contributed by atoms with Crippen molar-refractivity contribution in [2.24, 2.45) is 5.41 Å². The Bertz CT molecular complexity index is 284. The first-order valence-corrected chi connectivity index (χ1v) is 6.20. The maximum Gasteiger partial charge on any atom is 0.231 e. The molecule has 1 aliphatic carbocycles. The van der Waals surface area contributed by atoms with E-state index in [1.165, 1.54) is 6.42 Å². The molecule has 0 N–H and O–H groups in total. The van der Waals surface area contributed by atoms with E-state index in [1.807, 2.05) is 11.8 Å². The largest absolute Gasteiger partial charge is 0.373 e. The molecule has 1 heterocycles. The van der Waals surface area contributed by atoms with Gasteiger partial charge in [-0.1, -0.05) is 6.08 Å². The summed E-state index contributed by atoms with van der Waals surface area (Å²) < 4.78 is 5.56. The van der Waals surface area contributed by atoms with Crippen molar-refractivity contribution in [1.29, 1.82) is 0 Å². The fourth-order valence-electron chi connectivity index (χ4n) is 2.44. The second-order valence-corrected chi connectivity index (χ2v) is 5.09. The lowest BCUT2D eigenvalue weighted by Gasteiger charge is -2.29. The molecular formula is C13H21NO2. The Kier molecular flexibility index (Phi) is 3.33. The first-order chi connectivity index (χ1) is 7.68. The van der Waals surface area contributed by atoms with Crippen LogP contribution in [0.3, 0.4) is 0 Å². The van der Waals surface area contributed by atoms with Gasteiger partial charge in [-0.15, -0.1) is 6.58 Å². The van der Waals surface area contributed by atoms with Gasteiger partial charge in [-0.2, -0.15) is 0 Å². The number of carbonyl (C=O) groups excluding carboxylic acids is 1. The third-order valence-corrected chi connectivity index (χ3v) is 3.71. The second kappa shape index (κ2) is 4.58. The molecule has 2 atom stereocenters. The van der Waals surface area contributed by atoms with Crippen LogP contribution in [0, 0.1) is 5.41 Å². The van der Waals surface area contributed by atoms with E-state index in [4.69, 9.17) is 4.74 Å². The normalized spacial score (nSPS) is 33.6. The van der Waals surface area contributed by atoms with E-state index in [-0.39, 0.29) is 11.5 Å². The molecule has 0 aromatic rings. The molecule has 90 valence electrons. The van der Waals surface area contributed by atoms with Crippen LogP contribution in [0.4, 0.5) is 0 Å². The maximum absolute atomic E-state index is 12.3. The summed E-state index contributed by atoms with van der Waals surface area (Å²) in [6.45, 7) is 8.06. The molecule has 1 amide bonds. The number of carbonyl (C=O) groups is 1. The molecule has 16 heavy (non-hydrogen) atoms. The first kappa shape index (κ1) is 11.6. The summed E-state index contributed by atoms with van der Waals surface area (Å²) in [6, 6.07) is 0. The number of hydrogen-bond acceptors (Lipinski definition) is 2. The van der Waals surface area contributed by atoms with E-state index < -0.39 is 0 Å². The first-order valence-electron chi connectivity index (χ1n) is 6.20. The minimum atomic E-state index is -0.250. The van der Waals surface area contributed by atoms with Gasteiger partial charge in [0.05, 0.1) is 18.1 Å². The molecule has 0 radical (unpaired) electrons. The number of nitrogens with zero attached hydrogens (tertiary/aromatic N) is 1. The van der Waals surface area contributed by atoms with Gasteiger partial charge in [0, 0.05) is 13.1 Å². The van der Waals surface area contributed by atoms with Crippen LogP contribution in [0.2, 0.25) is 0 Å². The van der Waals surface area contributed by atoms with Crippen LogP contribution in [0.15, 0.2) is 12.7 Å². The van der Waals surface area contributed by atoms with Gasteiger partial charge in [0.15, 0.2) is 0 Å². The van der Waals surface area contributed by atoms with Gasteiger partial charge in [-0.05, 0) is 32.6 Å². The van der Waals surface area contributed by atoms with Crippen LogP contribution < -0.4 is 0 Å². The summed E-state index contributed by atoms with van der Waals surface area (Å²) in [7, 11) is 0. The number of piperidine rings is 1. The van der Waals surface area contributed by atoms with Crippen molar-refractivity contribution in [2.45, 2.75) is 38.7 Å². The Balaban J connectivity index is 1.87. The Morgan fingerprint density at radius 3 is 2.81 bits per heavy atom. The van der Waals surface area contributed by atoms with E-state index in [0.29, 0.717) is 12.5 Å². The van der Waals surface area contributed by atoms with E-state index in [1.54, 1.807) is 6.08 Å². The maximum atomic E-state index is 12.3. The quantitative estimate of drug-likeness (QED) is 0.682. The average molecular weight is 223 g/mol. The van der Waals surface area contributed by atoms with Crippen LogP contribution in [0.5, 0.6) is 0 Å². The van der Waals surface area contributed by atoms with Gasteiger partial charge >= 0.3 is 0 Å². The van der Waals surface area contributed by atoms with Gasteiger partial charge in [0.2, 0.25) is 5.91 Å². The SMILES string of the molecule is C=CCO[C@@H]1C[C@]1(C)C(=O)N1CCCCC1. The highest BCUT2D eigenvalue weighted by Crippen LogP contribution is 2.49. The van der Waals surface area contributed by atoms with E-state index in [2.05, 4.69) is 6.58 Å². The van der Waals surface area contributed by atoms with Crippen LogP contribution in [-0.2, 0) is 9.53 Å². The zero-order chi connectivity index (χ0) is 11.6. The molecule has 1 saturated heterocycles. The molecule has 0 aromatic heterocycles. The summed E-state index contributed by atoms with van der Waals surface area (Å²) in [5.41, 5.74) is -0.250. The van der Waals surface area contributed by atoms with Crippen molar-refractivity contribution < 1.29 is 9.53 Å². The van der Waals surface area contributed by atoms with Gasteiger partial charge < -0.3 is 9.64 Å². The summed E-state index contributed by atoms with van der Waals surface area (Å²) >= 11 is 0. The molecule has 0 spiro atoms. The molecule has 0 aromatic carbocycles. The van der Waals surface area contributed by atoms with Crippen molar-refractivity contribution in [2.75, 3.05) is 19.7 Å². The number of rotatable bonds is 4. The minimum Gasteiger partial charge on any atom is -0.373 e. The molecule has 2 aliphatic rings. The Morgan fingerprint density at radius 2 is 2.19 bits per heavy atom. The molecule has 1 aliphatic heterocycles. The highest BCUT2D eigenvalue weighted by molar-refractivity contribution is 5.86. The van der Waals surface area contributed by atoms with Crippen LogP contribution in [0.25, 0.3) is 0 Å². The summed E-state index contributed by atoms with van der Waals surface area (Å²) in [5, 5.41) is 0. The molecule has 0 unspecified atom stereocenters. The highest BCUT2D eigenvalue weighted by atomic mass is 16.5. The zero-order valence-corrected chi connectivity index (χ0v) is 10.1. The van der Waals surface area contributed by atoms with E-state index in [0.717, 1.165) is 32.4 Å². The molecule has 3 nitrogen and oxygen atoms in total. The fraction of sp³-hybridized carbons (Fsp3) is 0.769. The molecule has 2 rings (SSSR count). The molecular weight excluding hydrogens is 202 g/mol. The van der Waals surface area contributed by atoms with Gasteiger partial charge in [0.1, 0.15) is 0 Å². The Labute approximate surface area is 97.5 Å². The van der Waals surface area contributed by atoms with Crippen LogP contribution in [0.1, 0.15) is 32.6 Å². The summed E-state index contributed by atoms with van der Waals surface area (Å²) in [6.07, 6.45) is 6.29. The standard InChI is InChI=1S/C13H21NO2/c1-3-9-16-11-10-13(11,2)12(15)14-7-5-4-6-8-14/h3,11H,1,4-10H2,2H3/t11-,13+/m1/s1. The Hall–Kier alpha value is -0.830. The zero-order valence-electron chi connectivity index (χ0n) is 10.1. The molecule has 0 bridgehead atoms. The predicted molar refractivity (Wildman–Crippen MR) is 63.1 cm³/mol. The number of likely N-dealkylation sites (tertiary alicyclic amines) is 1. The number of amides is 1. The topological polar surface area (TPSA) is 29.5 Å². The van der Waals surface area contributed by atoms with E-state index >= 15 is 0 Å². The van der Waals surface area contributed by atoms with Crippen LogP contribution >= 0.6 is 0 Å². The fourth-order valence-corrected chi connectivity index (χ4v) is 2.44. The second-order valence-electron chi connectivity index (χ2n) is 5.09. The van der Waals surface area contributed by atoms with Crippen molar-refractivity contribution >= 4 is 5.91 Å². The lowest BCUT2D eigenvalue weighted by molar-refractivity contribution is -0.138. The Morgan fingerprint density at radius 1 is 1.50 bits per heavy atom. The summed E-state index contributed by atoms with van der Waals surface area (Å²) in [5.74, 6) is 0.293. The van der Waals surface area contributed by atoms with E-state index in [9.17, 15) is 4.79 Å². The highest BCUT2D eigenvalue weighted by Gasteiger charge is 2.58. The van der Waals surface area contributed by atoms with Crippen LogP contribution in [-0.4, -0.2) is 36.6 Å². The van der Waals surface area contributed by atoms with Gasteiger partial charge in [-0.25, -0.2) is 0 Å². The van der Waals surface area contributed by atoms with Crippen molar-refractivity contribution in [3.05, 3.63) is 12.7 Å². The third-order valence-electron chi connectivity index (χ3n) is 3.71.